The molecule has 0 saturated carbocycles. The van der Waals surface area contributed by atoms with Gasteiger partial charge in [0.2, 0.25) is 5.91 Å². The second kappa shape index (κ2) is 7.99. The standard InChI is InChI=1S/C16H31N3O/c1-18(2)13-15-7-10-19(11-8-15)16(20)6-5-14-4-3-9-17-12-14/h14-15,17H,3-13H2,1-2H3. The van der Waals surface area contributed by atoms with E-state index in [0.717, 1.165) is 57.4 Å². The van der Waals surface area contributed by atoms with Gasteiger partial charge in [0, 0.05) is 26.1 Å². The lowest BCUT2D eigenvalue weighted by atomic mass is 9.93. The van der Waals surface area contributed by atoms with Crippen LogP contribution in [-0.2, 0) is 4.79 Å². The maximum Gasteiger partial charge on any atom is 0.222 e. The third-order valence-electron chi connectivity index (χ3n) is 4.76. The van der Waals surface area contributed by atoms with Crippen LogP contribution in [0.2, 0.25) is 0 Å². The van der Waals surface area contributed by atoms with Crippen molar-refractivity contribution in [3.8, 4) is 0 Å². The average Bonchev–Trinajstić information content (AvgIpc) is 2.46. The number of nitrogens with one attached hydrogen (secondary N) is 1. The fourth-order valence-electron chi connectivity index (χ4n) is 3.54. The lowest BCUT2D eigenvalue weighted by Crippen LogP contribution is -2.41. The summed E-state index contributed by atoms with van der Waals surface area (Å²) in [5, 5.41) is 3.43. The molecule has 0 aromatic heterocycles. The minimum absolute atomic E-state index is 0.388. The van der Waals surface area contributed by atoms with Gasteiger partial charge in [-0.05, 0) is 71.1 Å². The smallest absolute Gasteiger partial charge is 0.222 e. The predicted molar refractivity (Wildman–Crippen MR) is 82.7 cm³/mol. The van der Waals surface area contributed by atoms with Gasteiger partial charge in [-0.15, -0.1) is 0 Å². The zero-order valence-corrected chi connectivity index (χ0v) is 13.2. The molecule has 0 aliphatic carbocycles. The summed E-state index contributed by atoms with van der Waals surface area (Å²) >= 11 is 0. The monoisotopic (exact) mass is 281 g/mol. The first-order chi connectivity index (χ1) is 9.65. The SMILES string of the molecule is CN(C)CC1CCN(C(=O)CCC2CCCNC2)CC1. The average molecular weight is 281 g/mol. The summed E-state index contributed by atoms with van der Waals surface area (Å²) in [5.74, 6) is 1.88. The Balaban J connectivity index is 1.64. The fourth-order valence-corrected chi connectivity index (χ4v) is 3.54. The zero-order chi connectivity index (χ0) is 14.4. The number of carbonyl (C=O) groups excluding carboxylic acids is 1. The first-order valence-corrected chi connectivity index (χ1v) is 8.28. The molecule has 4 nitrogen and oxygen atoms in total. The molecule has 20 heavy (non-hydrogen) atoms. The summed E-state index contributed by atoms with van der Waals surface area (Å²) in [7, 11) is 4.27. The van der Waals surface area contributed by atoms with Crippen LogP contribution in [-0.4, -0.2) is 62.5 Å². The van der Waals surface area contributed by atoms with Gasteiger partial charge in [-0.2, -0.15) is 0 Å². The highest BCUT2D eigenvalue weighted by Crippen LogP contribution is 2.20. The molecule has 1 N–H and O–H groups in total. The Bertz CT molecular complexity index is 292. The van der Waals surface area contributed by atoms with E-state index in [0.29, 0.717) is 5.91 Å². The lowest BCUT2D eigenvalue weighted by Gasteiger charge is -2.33. The number of likely N-dealkylation sites (tertiary alicyclic amines) is 1. The number of piperidine rings is 2. The van der Waals surface area contributed by atoms with Crippen molar-refractivity contribution in [2.24, 2.45) is 11.8 Å². The number of carbonyl (C=O) groups is 1. The van der Waals surface area contributed by atoms with Crippen molar-refractivity contribution in [2.75, 3.05) is 46.8 Å². The van der Waals surface area contributed by atoms with E-state index in [4.69, 9.17) is 0 Å². The highest BCUT2D eigenvalue weighted by Gasteiger charge is 2.23. The summed E-state index contributed by atoms with van der Waals surface area (Å²) in [6.07, 6.45) is 6.75. The number of nitrogens with zero attached hydrogens (tertiary/aromatic N) is 2. The Morgan fingerprint density at radius 2 is 1.95 bits per heavy atom. The van der Waals surface area contributed by atoms with Crippen molar-refractivity contribution in [3.63, 3.8) is 0 Å². The van der Waals surface area contributed by atoms with E-state index in [1.54, 1.807) is 0 Å². The lowest BCUT2D eigenvalue weighted by molar-refractivity contribution is -0.133. The van der Waals surface area contributed by atoms with E-state index in [-0.39, 0.29) is 0 Å². The summed E-state index contributed by atoms with van der Waals surface area (Å²) in [4.78, 5) is 16.6. The molecule has 1 unspecified atom stereocenters. The summed E-state index contributed by atoms with van der Waals surface area (Å²) in [6, 6.07) is 0. The van der Waals surface area contributed by atoms with Gasteiger partial charge in [-0.1, -0.05) is 0 Å². The van der Waals surface area contributed by atoms with E-state index < -0.39 is 0 Å². The van der Waals surface area contributed by atoms with Gasteiger partial charge in [0.05, 0.1) is 0 Å². The van der Waals surface area contributed by atoms with Crippen LogP contribution < -0.4 is 5.32 Å². The van der Waals surface area contributed by atoms with Crippen molar-refractivity contribution in [2.45, 2.75) is 38.5 Å². The van der Waals surface area contributed by atoms with E-state index >= 15 is 0 Å². The molecule has 2 aliphatic rings. The molecule has 2 aliphatic heterocycles. The van der Waals surface area contributed by atoms with Crippen molar-refractivity contribution < 1.29 is 4.79 Å². The zero-order valence-electron chi connectivity index (χ0n) is 13.2. The molecule has 2 fully saturated rings. The third-order valence-corrected chi connectivity index (χ3v) is 4.76. The topological polar surface area (TPSA) is 35.6 Å². The number of amides is 1. The molecule has 2 saturated heterocycles. The second-order valence-electron chi connectivity index (χ2n) is 6.84. The number of hydrogen-bond acceptors (Lipinski definition) is 3. The van der Waals surface area contributed by atoms with Crippen molar-refractivity contribution in [1.82, 2.24) is 15.1 Å². The van der Waals surface area contributed by atoms with E-state index in [9.17, 15) is 4.79 Å². The molecule has 0 aromatic carbocycles. The number of rotatable bonds is 5. The summed E-state index contributed by atoms with van der Waals surface area (Å²) in [6.45, 7) is 5.37. The van der Waals surface area contributed by atoms with Crippen LogP contribution in [0.4, 0.5) is 0 Å². The highest BCUT2D eigenvalue weighted by atomic mass is 16.2. The van der Waals surface area contributed by atoms with Crippen LogP contribution in [0.1, 0.15) is 38.5 Å². The Morgan fingerprint density at radius 3 is 2.55 bits per heavy atom. The largest absolute Gasteiger partial charge is 0.343 e. The van der Waals surface area contributed by atoms with Crippen molar-refractivity contribution >= 4 is 5.91 Å². The summed E-state index contributed by atoms with van der Waals surface area (Å²) < 4.78 is 0. The van der Waals surface area contributed by atoms with Crippen LogP contribution in [0, 0.1) is 11.8 Å². The third kappa shape index (κ3) is 5.06. The molecular formula is C16H31N3O. The second-order valence-corrected chi connectivity index (χ2v) is 6.84. The molecule has 0 bridgehead atoms. The van der Waals surface area contributed by atoms with Gasteiger partial charge in [0.1, 0.15) is 0 Å². The van der Waals surface area contributed by atoms with Gasteiger partial charge in [0.25, 0.3) is 0 Å². The molecule has 4 heteroatoms. The molecular weight excluding hydrogens is 250 g/mol. The Hall–Kier alpha value is -0.610. The quantitative estimate of drug-likeness (QED) is 0.831. The fraction of sp³-hybridized carbons (Fsp3) is 0.938. The number of hydrogen-bond donors (Lipinski definition) is 1. The van der Waals surface area contributed by atoms with Crippen LogP contribution in [0.5, 0.6) is 0 Å². The van der Waals surface area contributed by atoms with Crippen LogP contribution in [0.3, 0.4) is 0 Å². The molecule has 2 heterocycles. The maximum absolute atomic E-state index is 12.3. The van der Waals surface area contributed by atoms with E-state index in [1.165, 1.54) is 25.7 Å². The minimum Gasteiger partial charge on any atom is -0.343 e. The molecule has 0 aromatic rings. The van der Waals surface area contributed by atoms with E-state index in [2.05, 4.69) is 29.2 Å². The summed E-state index contributed by atoms with van der Waals surface area (Å²) in [5.41, 5.74) is 0. The molecule has 1 amide bonds. The molecule has 116 valence electrons. The first-order valence-electron chi connectivity index (χ1n) is 8.28. The Labute approximate surface area is 123 Å². The predicted octanol–water partition coefficient (Wildman–Crippen LogP) is 1.57. The highest BCUT2D eigenvalue weighted by molar-refractivity contribution is 5.76. The van der Waals surface area contributed by atoms with Crippen LogP contribution in [0.15, 0.2) is 0 Å². The van der Waals surface area contributed by atoms with Crippen molar-refractivity contribution in [3.05, 3.63) is 0 Å². The Kier molecular flexibility index (Phi) is 6.30. The normalized spacial score (nSPS) is 25.1. The molecule has 0 radical (unpaired) electrons. The molecule has 1 atom stereocenters. The van der Waals surface area contributed by atoms with Gasteiger partial charge in [0.15, 0.2) is 0 Å². The van der Waals surface area contributed by atoms with Gasteiger partial charge >= 0.3 is 0 Å². The van der Waals surface area contributed by atoms with Gasteiger partial charge < -0.3 is 15.1 Å². The van der Waals surface area contributed by atoms with E-state index in [1.807, 2.05) is 0 Å². The van der Waals surface area contributed by atoms with Crippen LogP contribution in [0.25, 0.3) is 0 Å². The Morgan fingerprint density at radius 1 is 1.20 bits per heavy atom. The van der Waals surface area contributed by atoms with Gasteiger partial charge in [-0.25, -0.2) is 0 Å². The maximum atomic E-state index is 12.3. The molecule has 0 spiro atoms. The van der Waals surface area contributed by atoms with Gasteiger partial charge in [-0.3, -0.25) is 4.79 Å². The first kappa shape index (κ1) is 15.8. The van der Waals surface area contributed by atoms with Crippen molar-refractivity contribution in [1.29, 1.82) is 0 Å². The minimum atomic E-state index is 0.388. The van der Waals surface area contributed by atoms with Crippen LogP contribution >= 0.6 is 0 Å². The molecule has 2 rings (SSSR count).